The SMILES string of the molecule is CC(C)CNC(=O)c1ccccc1NC(=O)COC(=O)Cc1ccc2c(c1)CCC2. The second kappa shape index (κ2) is 10.1. The van der Waals surface area contributed by atoms with Gasteiger partial charge in [0.1, 0.15) is 0 Å². The van der Waals surface area contributed by atoms with Crippen LogP contribution in [0.2, 0.25) is 0 Å². The highest BCUT2D eigenvalue weighted by atomic mass is 16.5. The van der Waals surface area contributed by atoms with Crippen LogP contribution in [0, 0.1) is 5.92 Å². The van der Waals surface area contributed by atoms with Crippen LogP contribution in [-0.4, -0.2) is 30.9 Å². The molecule has 0 saturated carbocycles. The molecule has 1 aliphatic carbocycles. The number of carbonyl (C=O) groups is 3. The van der Waals surface area contributed by atoms with Crippen molar-refractivity contribution in [2.45, 2.75) is 39.5 Å². The van der Waals surface area contributed by atoms with E-state index in [1.54, 1.807) is 24.3 Å². The number of benzene rings is 2. The highest BCUT2D eigenvalue weighted by molar-refractivity contribution is 6.04. The summed E-state index contributed by atoms with van der Waals surface area (Å²) in [6, 6.07) is 12.8. The van der Waals surface area contributed by atoms with Crippen molar-refractivity contribution < 1.29 is 19.1 Å². The van der Waals surface area contributed by atoms with Gasteiger partial charge >= 0.3 is 5.97 Å². The van der Waals surface area contributed by atoms with Gasteiger partial charge in [0.05, 0.1) is 17.7 Å². The first-order valence-electron chi connectivity index (χ1n) is 10.4. The molecule has 0 spiro atoms. The Kier molecular flexibility index (Phi) is 7.22. The first-order valence-corrected chi connectivity index (χ1v) is 10.4. The van der Waals surface area contributed by atoms with Gasteiger partial charge in [-0.3, -0.25) is 14.4 Å². The van der Waals surface area contributed by atoms with Crippen molar-refractivity contribution in [3.05, 3.63) is 64.7 Å². The van der Waals surface area contributed by atoms with Crippen molar-refractivity contribution in [1.82, 2.24) is 5.32 Å². The quantitative estimate of drug-likeness (QED) is 0.657. The van der Waals surface area contributed by atoms with Gasteiger partial charge in [-0.25, -0.2) is 0 Å². The Labute approximate surface area is 177 Å². The molecule has 0 radical (unpaired) electrons. The summed E-state index contributed by atoms with van der Waals surface area (Å²) in [5.74, 6) is -0.874. The highest BCUT2D eigenvalue weighted by Crippen LogP contribution is 2.23. The molecule has 3 rings (SSSR count). The van der Waals surface area contributed by atoms with Gasteiger partial charge in [-0.05, 0) is 54.0 Å². The summed E-state index contributed by atoms with van der Waals surface area (Å²) < 4.78 is 5.13. The monoisotopic (exact) mass is 408 g/mol. The number of hydrogen-bond acceptors (Lipinski definition) is 4. The van der Waals surface area contributed by atoms with Crippen LogP contribution in [0.1, 0.15) is 47.3 Å². The van der Waals surface area contributed by atoms with Crippen LogP contribution in [-0.2, 0) is 33.6 Å². The molecule has 0 saturated heterocycles. The highest BCUT2D eigenvalue weighted by Gasteiger charge is 2.16. The molecule has 2 amide bonds. The third-order valence-corrected chi connectivity index (χ3v) is 4.99. The number of aryl methyl sites for hydroxylation is 2. The molecule has 0 unspecified atom stereocenters. The molecule has 0 fully saturated rings. The zero-order chi connectivity index (χ0) is 21.5. The fourth-order valence-corrected chi connectivity index (χ4v) is 3.47. The molecule has 6 nitrogen and oxygen atoms in total. The molecule has 6 heteroatoms. The number of fused-ring (bicyclic) bond motifs is 1. The van der Waals surface area contributed by atoms with Crippen LogP contribution in [0.5, 0.6) is 0 Å². The Morgan fingerprint density at radius 2 is 1.80 bits per heavy atom. The van der Waals surface area contributed by atoms with Crippen molar-refractivity contribution in [2.24, 2.45) is 5.92 Å². The van der Waals surface area contributed by atoms with Gasteiger partial charge in [-0.1, -0.05) is 44.2 Å². The van der Waals surface area contributed by atoms with E-state index in [4.69, 9.17) is 4.74 Å². The van der Waals surface area contributed by atoms with Crippen molar-refractivity contribution in [3.63, 3.8) is 0 Å². The molecule has 0 bridgehead atoms. The first kappa shape index (κ1) is 21.6. The Hall–Kier alpha value is -3.15. The Balaban J connectivity index is 1.51. The minimum atomic E-state index is -0.485. The predicted octanol–water partition coefficient (Wildman–Crippen LogP) is 3.29. The van der Waals surface area contributed by atoms with Gasteiger partial charge in [0, 0.05) is 6.54 Å². The lowest BCUT2D eigenvalue weighted by atomic mass is 10.0. The summed E-state index contributed by atoms with van der Waals surface area (Å²) in [4.78, 5) is 36.7. The predicted molar refractivity (Wildman–Crippen MR) is 115 cm³/mol. The van der Waals surface area contributed by atoms with E-state index < -0.39 is 18.5 Å². The summed E-state index contributed by atoms with van der Waals surface area (Å²) >= 11 is 0. The smallest absolute Gasteiger partial charge is 0.310 e. The van der Waals surface area contributed by atoms with E-state index in [-0.39, 0.29) is 12.3 Å². The van der Waals surface area contributed by atoms with Gasteiger partial charge in [-0.15, -0.1) is 0 Å². The van der Waals surface area contributed by atoms with Crippen molar-refractivity contribution in [2.75, 3.05) is 18.5 Å². The van der Waals surface area contributed by atoms with Crippen LogP contribution < -0.4 is 10.6 Å². The van der Waals surface area contributed by atoms with Gasteiger partial charge in [0.15, 0.2) is 6.61 Å². The second-order valence-electron chi connectivity index (χ2n) is 7.99. The molecule has 30 heavy (non-hydrogen) atoms. The van der Waals surface area contributed by atoms with Gasteiger partial charge < -0.3 is 15.4 Å². The minimum Gasteiger partial charge on any atom is -0.455 e. The number of rotatable bonds is 8. The summed E-state index contributed by atoms with van der Waals surface area (Å²) in [7, 11) is 0. The van der Waals surface area contributed by atoms with Crippen molar-refractivity contribution >= 4 is 23.5 Å². The number of anilines is 1. The van der Waals surface area contributed by atoms with Crippen LogP contribution in [0.25, 0.3) is 0 Å². The molecule has 0 heterocycles. The fraction of sp³-hybridized carbons (Fsp3) is 0.375. The lowest BCUT2D eigenvalue weighted by Crippen LogP contribution is -2.29. The molecule has 158 valence electrons. The molecule has 2 N–H and O–H groups in total. The molecule has 0 aromatic heterocycles. The van der Waals surface area contributed by atoms with Crippen LogP contribution in [0.3, 0.4) is 0 Å². The topological polar surface area (TPSA) is 84.5 Å². The van der Waals surface area contributed by atoms with Gasteiger partial charge in [0.25, 0.3) is 11.8 Å². The maximum Gasteiger partial charge on any atom is 0.310 e. The molecule has 2 aromatic carbocycles. The summed E-state index contributed by atoms with van der Waals surface area (Å²) in [6.07, 6.45) is 3.43. The van der Waals surface area contributed by atoms with E-state index in [0.717, 1.165) is 24.8 Å². The molecular weight excluding hydrogens is 380 g/mol. The summed E-state index contributed by atoms with van der Waals surface area (Å²) in [5.41, 5.74) is 4.30. The Morgan fingerprint density at radius 1 is 1.03 bits per heavy atom. The Bertz CT molecular complexity index is 937. The van der Waals surface area contributed by atoms with E-state index in [2.05, 4.69) is 22.8 Å². The molecule has 0 aliphatic heterocycles. The van der Waals surface area contributed by atoms with E-state index in [0.29, 0.717) is 23.7 Å². The first-order chi connectivity index (χ1) is 14.4. The Morgan fingerprint density at radius 3 is 2.60 bits per heavy atom. The molecule has 1 aliphatic rings. The zero-order valence-corrected chi connectivity index (χ0v) is 17.5. The minimum absolute atomic E-state index is 0.134. The summed E-state index contributed by atoms with van der Waals surface area (Å²) in [6.45, 7) is 4.16. The number of esters is 1. The van der Waals surface area contributed by atoms with Crippen LogP contribution in [0.15, 0.2) is 42.5 Å². The number of ether oxygens (including phenoxy) is 1. The maximum atomic E-state index is 12.4. The number of carbonyl (C=O) groups excluding carboxylic acids is 3. The molecule has 2 aromatic rings. The van der Waals surface area contributed by atoms with Crippen LogP contribution in [0.4, 0.5) is 5.69 Å². The lowest BCUT2D eigenvalue weighted by molar-refractivity contribution is -0.146. The third kappa shape index (κ3) is 5.92. The fourth-order valence-electron chi connectivity index (χ4n) is 3.47. The van der Waals surface area contributed by atoms with Gasteiger partial charge in [-0.2, -0.15) is 0 Å². The standard InChI is InChI=1S/C24H28N2O4/c1-16(2)14-25-24(29)20-8-3-4-9-21(20)26-22(27)15-30-23(28)13-17-10-11-18-6-5-7-19(18)12-17/h3-4,8-12,16H,5-7,13-15H2,1-2H3,(H,25,29)(H,26,27). The molecular formula is C24H28N2O4. The largest absolute Gasteiger partial charge is 0.455 e. The summed E-state index contributed by atoms with van der Waals surface area (Å²) in [5, 5.41) is 5.49. The van der Waals surface area contributed by atoms with E-state index in [1.807, 2.05) is 19.9 Å². The average molecular weight is 408 g/mol. The van der Waals surface area contributed by atoms with Gasteiger partial charge in [0.2, 0.25) is 0 Å². The van der Waals surface area contributed by atoms with E-state index >= 15 is 0 Å². The maximum absolute atomic E-state index is 12.4. The number of amides is 2. The normalized spacial score (nSPS) is 12.4. The average Bonchev–Trinajstić information content (AvgIpc) is 3.19. The van der Waals surface area contributed by atoms with Crippen molar-refractivity contribution in [3.8, 4) is 0 Å². The van der Waals surface area contributed by atoms with Crippen LogP contribution >= 0.6 is 0 Å². The zero-order valence-electron chi connectivity index (χ0n) is 17.5. The number of para-hydroxylation sites is 1. The lowest BCUT2D eigenvalue weighted by Gasteiger charge is -2.12. The molecule has 0 atom stereocenters. The van der Waals surface area contributed by atoms with Crippen molar-refractivity contribution in [1.29, 1.82) is 0 Å². The number of nitrogens with one attached hydrogen (secondary N) is 2. The number of hydrogen-bond donors (Lipinski definition) is 2. The van der Waals surface area contributed by atoms with E-state index in [9.17, 15) is 14.4 Å². The van der Waals surface area contributed by atoms with E-state index in [1.165, 1.54) is 11.1 Å². The third-order valence-electron chi connectivity index (χ3n) is 4.99. The second-order valence-corrected chi connectivity index (χ2v) is 7.99.